The van der Waals surface area contributed by atoms with Crippen molar-refractivity contribution in [3.05, 3.63) is 48.5 Å². The van der Waals surface area contributed by atoms with E-state index < -0.39 is 19.7 Å². The molecule has 2 rings (SSSR count). The minimum atomic E-state index is -3.32. The second-order valence-corrected chi connectivity index (χ2v) is 8.77. The maximum Gasteiger partial charge on any atom is 0.175 e. The number of sulfone groups is 2. The molecule has 0 N–H and O–H groups in total. The Bertz CT molecular complexity index is 855. The Kier molecular flexibility index (Phi) is 4.43. The lowest BCUT2D eigenvalue weighted by Gasteiger charge is -2.00. The van der Waals surface area contributed by atoms with E-state index in [9.17, 15) is 16.8 Å². The molecule has 6 nitrogen and oxygen atoms in total. The zero-order valence-corrected chi connectivity index (χ0v) is 13.6. The van der Waals surface area contributed by atoms with Crippen molar-refractivity contribution in [3.8, 4) is 0 Å². The van der Waals surface area contributed by atoms with Crippen molar-refractivity contribution < 1.29 is 16.8 Å². The number of hydrogen-bond donors (Lipinski definition) is 0. The molecule has 0 spiro atoms. The highest BCUT2D eigenvalue weighted by molar-refractivity contribution is 7.91. The second kappa shape index (κ2) is 5.98. The van der Waals surface area contributed by atoms with E-state index in [1.807, 2.05) is 0 Å². The Labute approximate surface area is 129 Å². The van der Waals surface area contributed by atoms with Gasteiger partial charge >= 0.3 is 0 Å². The van der Waals surface area contributed by atoms with Gasteiger partial charge in [-0.2, -0.15) is 10.2 Å². The van der Waals surface area contributed by atoms with E-state index in [4.69, 9.17) is 0 Å². The molecule has 2 aromatic carbocycles. The number of hydrogen-bond acceptors (Lipinski definition) is 6. The van der Waals surface area contributed by atoms with Gasteiger partial charge in [0.15, 0.2) is 19.7 Å². The van der Waals surface area contributed by atoms with Gasteiger partial charge in [0.1, 0.15) is 0 Å². The standard InChI is InChI=1S/C14H14N2O4S2/c1-21(17,18)13-7-3-5-11(9-13)15-16-12-6-4-8-14(10-12)22(2,19)20/h3-10H,1-2H3. The fourth-order valence-corrected chi connectivity index (χ4v) is 2.99. The van der Waals surface area contributed by atoms with Crippen LogP contribution in [0.15, 0.2) is 68.6 Å². The molecule has 0 saturated heterocycles. The first-order valence-corrected chi connectivity index (χ1v) is 9.96. The molecule has 0 unspecified atom stereocenters. The van der Waals surface area contributed by atoms with Crippen molar-refractivity contribution in [1.29, 1.82) is 0 Å². The largest absolute Gasteiger partial charge is 0.224 e. The van der Waals surface area contributed by atoms with Crippen LogP contribution in [0.2, 0.25) is 0 Å². The molecule has 8 heteroatoms. The molecule has 0 bridgehead atoms. The summed E-state index contributed by atoms with van der Waals surface area (Å²) >= 11 is 0. The molecule has 116 valence electrons. The van der Waals surface area contributed by atoms with Crippen LogP contribution in [0.5, 0.6) is 0 Å². The predicted molar refractivity (Wildman–Crippen MR) is 83.3 cm³/mol. The molecule has 2 aromatic rings. The molecule has 0 aliphatic heterocycles. The van der Waals surface area contributed by atoms with Gasteiger partial charge < -0.3 is 0 Å². The average molecular weight is 338 g/mol. The normalized spacial score (nSPS) is 12.6. The molecule has 0 atom stereocenters. The molecule has 22 heavy (non-hydrogen) atoms. The van der Waals surface area contributed by atoms with Crippen LogP contribution in [0.25, 0.3) is 0 Å². The number of nitrogens with zero attached hydrogens (tertiary/aromatic N) is 2. The summed E-state index contributed by atoms with van der Waals surface area (Å²) < 4.78 is 45.9. The fourth-order valence-electron chi connectivity index (χ4n) is 1.67. The Balaban J connectivity index is 2.34. The van der Waals surface area contributed by atoms with E-state index in [-0.39, 0.29) is 9.79 Å². The molecule has 0 fully saturated rings. The third-order valence-electron chi connectivity index (χ3n) is 2.77. The van der Waals surface area contributed by atoms with Crippen LogP contribution in [0.1, 0.15) is 0 Å². The van der Waals surface area contributed by atoms with E-state index in [1.165, 1.54) is 24.3 Å². The lowest BCUT2D eigenvalue weighted by atomic mass is 10.3. The number of azo groups is 1. The van der Waals surface area contributed by atoms with Gasteiger partial charge in [-0.3, -0.25) is 0 Å². The van der Waals surface area contributed by atoms with Gasteiger partial charge in [-0.05, 0) is 36.4 Å². The SMILES string of the molecule is CS(=O)(=O)c1cccc(N=Nc2cccc(S(C)(=O)=O)c2)c1. The molecule has 0 aliphatic rings. The van der Waals surface area contributed by atoms with Crippen molar-refractivity contribution in [1.82, 2.24) is 0 Å². The van der Waals surface area contributed by atoms with E-state index >= 15 is 0 Å². The fraction of sp³-hybridized carbons (Fsp3) is 0.143. The summed E-state index contributed by atoms with van der Waals surface area (Å²) in [5, 5.41) is 7.88. The summed E-state index contributed by atoms with van der Waals surface area (Å²) in [4.78, 5) is 0.294. The second-order valence-electron chi connectivity index (χ2n) is 4.74. The number of rotatable bonds is 4. The van der Waals surface area contributed by atoms with Crippen LogP contribution >= 0.6 is 0 Å². The van der Waals surface area contributed by atoms with Gasteiger partial charge in [-0.1, -0.05) is 12.1 Å². The molecule has 0 saturated carbocycles. The summed E-state index contributed by atoms with van der Waals surface area (Å²) in [6.45, 7) is 0. The first-order chi connectivity index (χ1) is 10.2. The summed E-state index contributed by atoms with van der Waals surface area (Å²) in [6.07, 6.45) is 2.22. The lowest BCUT2D eigenvalue weighted by Crippen LogP contribution is -1.95. The molecule has 0 aromatic heterocycles. The van der Waals surface area contributed by atoms with Crippen LogP contribution in [-0.2, 0) is 19.7 Å². The number of benzene rings is 2. The minimum absolute atomic E-state index is 0.147. The highest BCUT2D eigenvalue weighted by atomic mass is 32.2. The van der Waals surface area contributed by atoms with Gasteiger partial charge in [-0.15, -0.1) is 0 Å². The van der Waals surface area contributed by atoms with Gasteiger partial charge in [0.05, 0.1) is 21.2 Å². The van der Waals surface area contributed by atoms with Gasteiger partial charge in [-0.25, -0.2) is 16.8 Å². The highest BCUT2D eigenvalue weighted by Crippen LogP contribution is 2.23. The highest BCUT2D eigenvalue weighted by Gasteiger charge is 2.08. The van der Waals surface area contributed by atoms with E-state index in [1.54, 1.807) is 24.3 Å². The van der Waals surface area contributed by atoms with Crippen molar-refractivity contribution in [2.75, 3.05) is 12.5 Å². The smallest absolute Gasteiger partial charge is 0.175 e. The predicted octanol–water partition coefficient (Wildman–Crippen LogP) is 2.91. The van der Waals surface area contributed by atoms with Crippen molar-refractivity contribution in [3.63, 3.8) is 0 Å². The van der Waals surface area contributed by atoms with E-state index in [0.29, 0.717) is 11.4 Å². The molecule has 0 radical (unpaired) electrons. The Morgan fingerprint density at radius 1 is 0.682 bits per heavy atom. The summed E-state index contributed by atoms with van der Waals surface area (Å²) in [6, 6.07) is 12.1. The third-order valence-corrected chi connectivity index (χ3v) is 4.99. The zero-order chi connectivity index (χ0) is 16.4. The Morgan fingerprint density at radius 3 is 1.36 bits per heavy atom. The third kappa shape index (κ3) is 4.22. The van der Waals surface area contributed by atoms with E-state index in [0.717, 1.165) is 12.5 Å². The first-order valence-electron chi connectivity index (χ1n) is 6.18. The van der Waals surface area contributed by atoms with Crippen LogP contribution in [0.3, 0.4) is 0 Å². The average Bonchev–Trinajstić information content (AvgIpc) is 2.44. The maximum atomic E-state index is 11.5. The van der Waals surface area contributed by atoms with Crippen molar-refractivity contribution >= 4 is 31.0 Å². The summed E-state index contributed by atoms with van der Waals surface area (Å²) in [5.74, 6) is 0. The zero-order valence-electron chi connectivity index (χ0n) is 12.0. The maximum absolute atomic E-state index is 11.5. The van der Waals surface area contributed by atoms with Crippen LogP contribution in [0, 0.1) is 0 Å². The molecule has 0 heterocycles. The quantitative estimate of drug-likeness (QED) is 0.801. The van der Waals surface area contributed by atoms with Crippen molar-refractivity contribution in [2.24, 2.45) is 10.2 Å². The summed E-state index contributed by atoms with van der Waals surface area (Å²) in [7, 11) is -6.63. The minimum Gasteiger partial charge on any atom is -0.224 e. The summed E-state index contributed by atoms with van der Waals surface area (Å²) in [5.41, 5.74) is 0.736. The van der Waals surface area contributed by atoms with Crippen LogP contribution in [0.4, 0.5) is 11.4 Å². The van der Waals surface area contributed by atoms with Crippen molar-refractivity contribution in [2.45, 2.75) is 9.79 Å². The van der Waals surface area contributed by atoms with Gasteiger partial charge in [0, 0.05) is 12.5 Å². The Hall–Kier alpha value is -2.06. The lowest BCUT2D eigenvalue weighted by molar-refractivity contribution is 0.600. The van der Waals surface area contributed by atoms with Crippen LogP contribution < -0.4 is 0 Å². The monoisotopic (exact) mass is 338 g/mol. The van der Waals surface area contributed by atoms with Gasteiger partial charge in [0.25, 0.3) is 0 Å². The first kappa shape index (κ1) is 16.3. The molecule has 0 aliphatic carbocycles. The van der Waals surface area contributed by atoms with E-state index in [2.05, 4.69) is 10.2 Å². The van der Waals surface area contributed by atoms with Gasteiger partial charge in [0.2, 0.25) is 0 Å². The van der Waals surface area contributed by atoms with Crippen LogP contribution in [-0.4, -0.2) is 29.3 Å². The molecular formula is C14H14N2O4S2. The molecular weight excluding hydrogens is 324 g/mol. The molecule has 0 amide bonds. The Morgan fingerprint density at radius 2 is 1.05 bits per heavy atom. The topological polar surface area (TPSA) is 93.0 Å².